The summed E-state index contributed by atoms with van der Waals surface area (Å²) in [6.45, 7) is 0. The highest BCUT2D eigenvalue weighted by Crippen LogP contribution is 2.36. The highest BCUT2D eigenvalue weighted by atomic mass is 127. The number of hydrogen-bond donors (Lipinski definition) is 0. The molecule has 0 aliphatic heterocycles. The number of nitrogens with zero attached hydrogens (tertiary/aromatic N) is 1. The van der Waals surface area contributed by atoms with E-state index in [0.29, 0.717) is 4.47 Å². The Morgan fingerprint density at radius 2 is 2.20 bits per heavy atom. The summed E-state index contributed by atoms with van der Waals surface area (Å²) < 4.78 is 20.2. The molecule has 0 unspecified atom stereocenters. The number of hydrogen-bond acceptors (Lipinski definition) is 2. The molecule has 0 aliphatic carbocycles. The van der Waals surface area contributed by atoms with Crippen LogP contribution in [0.2, 0.25) is 0 Å². The van der Waals surface area contributed by atoms with Gasteiger partial charge in [-0.05, 0) is 44.6 Å². The SMILES string of the molecule is COc1c(F)cc(Br)c2cncc(I)c12. The zero-order chi connectivity index (χ0) is 11.0. The molecule has 0 saturated heterocycles. The molecule has 0 bridgehead atoms. The van der Waals surface area contributed by atoms with E-state index in [1.807, 2.05) is 0 Å². The number of ether oxygens (including phenoxy) is 1. The van der Waals surface area contributed by atoms with Crippen LogP contribution in [0.5, 0.6) is 5.75 Å². The van der Waals surface area contributed by atoms with Crippen molar-refractivity contribution in [1.82, 2.24) is 4.98 Å². The van der Waals surface area contributed by atoms with Gasteiger partial charge in [-0.1, -0.05) is 0 Å². The highest BCUT2D eigenvalue weighted by Gasteiger charge is 2.14. The van der Waals surface area contributed by atoms with Gasteiger partial charge >= 0.3 is 0 Å². The number of methoxy groups -OCH3 is 1. The normalized spacial score (nSPS) is 10.7. The summed E-state index contributed by atoms with van der Waals surface area (Å²) in [5, 5.41) is 1.60. The highest BCUT2D eigenvalue weighted by molar-refractivity contribution is 14.1. The van der Waals surface area contributed by atoms with Gasteiger partial charge in [0.1, 0.15) is 0 Å². The van der Waals surface area contributed by atoms with Crippen LogP contribution < -0.4 is 4.74 Å². The molecule has 15 heavy (non-hydrogen) atoms. The fourth-order valence-electron chi connectivity index (χ4n) is 1.42. The molecular weight excluding hydrogens is 376 g/mol. The second kappa shape index (κ2) is 4.21. The molecule has 2 rings (SSSR count). The van der Waals surface area contributed by atoms with E-state index in [1.165, 1.54) is 13.2 Å². The van der Waals surface area contributed by atoms with Gasteiger partial charge in [-0.2, -0.15) is 0 Å². The van der Waals surface area contributed by atoms with Gasteiger partial charge in [0.15, 0.2) is 11.6 Å². The van der Waals surface area contributed by atoms with Crippen LogP contribution in [0.3, 0.4) is 0 Å². The minimum Gasteiger partial charge on any atom is -0.493 e. The van der Waals surface area contributed by atoms with Crippen LogP contribution >= 0.6 is 38.5 Å². The molecule has 0 spiro atoms. The second-order valence-corrected chi connectivity index (χ2v) is 4.93. The Bertz CT molecular complexity index is 532. The first kappa shape index (κ1) is 11.1. The first-order valence-electron chi connectivity index (χ1n) is 4.10. The van der Waals surface area contributed by atoms with Crippen LogP contribution in [-0.2, 0) is 0 Å². The zero-order valence-electron chi connectivity index (χ0n) is 7.72. The summed E-state index contributed by atoms with van der Waals surface area (Å²) >= 11 is 5.42. The Kier molecular flexibility index (Phi) is 3.11. The molecule has 78 valence electrons. The van der Waals surface area contributed by atoms with Gasteiger partial charge in [-0.15, -0.1) is 0 Å². The van der Waals surface area contributed by atoms with Crippen LogP contribution in [0.15, 0.2) is 22.9 Å². The maximum Gasteiger partial charge on any atom is 0.166 e. The van der Waals surface area contributed by atoms with Crippen LogP contribution in [0.4, 0.5) is 4.39 Å². The summed E-state index contributed by atoms with van der Waals surface area (Å²) in [5.41, 5.74) is 0. The van der Waals surface area contributed by atoms with E-state index in [-0.39, 0.29) is 11.6 Å². The topological polar surface area (TPSA) is 22.1 Å². The predicted molar refractivity (Wildman–Crippen MR) is 68.7 cm³/mol. The van der Waals surface area contributed by atoms with Crippen LogP contribution in [0.1, 0.15) is 0 Å². The lowest BCUT2D eigenvalue weighted by Gasteiger charge is -2.09. The molecular formula is C10H6BrFINO. The molecule has 2 aromatic rings. The molecule has 0 fully saturated rings. The smallest absolute Gasteiger partial charge is 0.166 e. The maximum atomic E-state index is 13.6. The van der Waals surface area contributed by atoms with Gasteiger partial charge in [0.2, 0.25) is 0 Å². The largest absolute Gasteiger partial charge is 0.493 e. The lowest BCUT2D eigenvalue weighted by atomic mass is 10.1. The Balaban J connectivity index is 2.98. The van der Waals surface area contributed by atoms with E-state index in [9.17, 15) is 4.39 Å². The Morgan fingerprint density at radius 3 is 2.87 bits per heavy atom. The average molecular weight is 382 g/mol. The third-order valence-electron chi connectivity index (χ3n) is 2.06. The van der Waals surface area contributed by atoms with E-state index < -0.39 is 0 Å². The third kappa shape index (κ3) is 1.82. The van der Waals surface area contributed by atoms with Crippen molar-refractivity contribution in [3.63, 3.8) is 0 Å². The van der Waals surface area contributed by atoms with Crippen LogP contribution in [0, 0.1) is 9.39 Å². The monoisotopic (exact) mass is 381 g/mol. The lowest BCUT2D eigenvalue weighted by molar-refractivity contribution is 0.391. The number of aromatic nitrogens is 1. The Labute approximate surface area is 108 Å². The summed E-state index contributed by atoms with van der Waals surface area (Å²) in [7, 11) is 1.46. The molecule has 2 nitrogen and oxygen atoms in total. The minimum atomic E-state index is -0.374. The first-order chi connectivity index (χ1) is 7.15. The third-order valence-corrected chi connectivity index (χ3v) is 3.53. The molecule has 0 amide bonds. The van der Waals surface area contributed by atoms with Gasteiger partial charge in [0, 0.05) is 31.2 Å². The second-order valence-electron chi connectivity index (χ2n) is 2.92. The fraction of sp³-hybridized carbons (Fsp3) is 0.100. The predicted octanol–water partition coefficient (Wildman–Crippen LogP) is 3.75. The summed E-state index contributed by atoms with van der Waals surface area (Å²) in [4.78, 5) is 4.06. The van der Waals surface area contributed by atoms with Crippen molar-refractivity contribution >= 4 is 49.3 Å². The van der Waals surface area contributed by atoms with Crippen molar-refractivity contribution in [1.29, 1.82) is 0 Å². The molecule has 0 atom stereocenters. The fourth-order valence-corrected chi connectivity index (χ4v) is 2.62. The summed E-state index contributed by atoms with van der Waals surface area (Å²) in [6, 6.07) is 1.39. The molecule has 0 saturated carbocycles. The lowest BCUT2D eigenvalue weighted by Crippen LogP contribution is -1.93. The van der Waals surface area contributed by atoms with Crippen molar-refractivity contribution in [2.75, 3.05) is 7.11 Å². The van der Waals surface area contributed by atoms with Gasteiger partial charge in [-0.3, -0.25) is 4.98 Å². The quantitative estimate of drug-likeness (QED) is 0.702. The van der Waals surface area contributed by atoms with E-state index in [4.69, 9.17) is 4.74 Å². The van der Waals surface area contributed by atoms with Crippen molar-refractivity contribution < 1.29 is 9.13 Å². The van der Waals surface area contributed by atoms with Gasteiger partial charge in [0.25, 0.3) is 0 Å². The van der Waals surface area contributed by atoms with Crippen LogP contribution in [-0.4, -0.2) is 12.1 Å². The number of pyridine rings is 1. The standard InChI is InChI=1S/C10H6BrFINO/c1-15-10-7(12)2-6(11)5-3-14-4-8(13)9(5)10/h2-4H,1H3. The van der Waals surface area contributed by atoms with E-state index in [1.54, 1.807) is 12.4 Å². The zero-order valence-corrected chi connectivity index (χ0v) is 11.5. The molecule has 0 radical (unpaired) electrons. The molecule has 1 heterocycles. The number of halogens is 3. The number of benzene rings is 1. The van der Waals surface area contributed by atoms with E-state index in [2.05, 4.69) is 43.5 Å². The first-order valence-corrected chi connectivity index (χ1v) is 5.97. The van der Waals surface area contributed by atoms with Crippen molar-refractivity contribution in [2.45, 2.75) is 0 Å². The average Bonchev–Trinajstić information content (AvgIpc) is 2.20. The molecule has 0 N–H and O–H groups in total. The van der Waals surface area contributed by atoms with E-state index >= 15 is 0 Å². The van der Waals surface area contributed by atoms with E-state index in [0.717, 1.165) is 14.3 Å². The Morgan fingerprint density at radius 1 is 1.47 bits per heavy atom. The van der Waals surface area contributed by atoms with Gasteiger partial charge in [-0.25, -0.2) is 4.39 Å². The Hall–Kier alpha value is -0.430. The minimum absolute atomic E-state index is 0.264. The van der Waals surface area contributed by atoms with Gasteiger partial charge < -0.3 is 4.74 Å². The maximum absolute atomic E-state index is 13.6. The van der Waals surface area contributed by atoms with Crippen molar-refractivity contribution in [2.24, 2.45) is 0 Å². The molecule has 0 aliphatic rings. The molecule has 1 aromatic carbocycles. The van der Waals surface area contributed by atoms with Crippen LogP contribution in [0.25, 0.3) is 10.8 Å². The molecule has 1 aromatic heterocycles. The van der Waals surface area contributed by atoms with Gasteiger partial charge in [0.05, 0.1) is 7.11 Å². The molecule has 5 heteroatoms. The summed E-state index contributed by atoms with van der Waals surface area (Å²) in [6.07, 6.45) is 3.36. The number of rotatable bonds is 1. The summed E-state index contributed by atoms with van der Waals surface area (Å²) in [5.74, 6) is -0.110. The van der Waals surface area contributed by atoms with Crippen molar-refractivity contribution in [3.05, 3.63) is 32.3 Å². The number of fused-ring (bicyclic) bond motifs is 1. The van der Waals surface area contributed by atoms with Crippen molar-refractivity contribution in [3.8, 4) is 5.75 Å².